The number of aryl methyl sites for hydroxylation is 1. The summed E-state index contributed by atoms with van der Waals surface area (Å²) in [5.74, 6) is 0.270. The smallest absolute Gasteiger partial charge is 0.293 e. The molecule has 1 aromatic heterocycles. The Morgan fingerprint density at radius 2 is 2.04 bits per heavy atom. The topological polar surface area (TPSA) is 79.3 Å². The molecule has 0 spiro atoms. The van der Waals surface area contributed by atoms with E-state index < -0.39 is 0 Å². The molecule has 0 unspecified atom stereocenters. The molecular formula is C17H20BrN5O2. The van der Waals surface area contributed by atoms with E-state index in [1.54, 1.807) is 13.2 Å². The highest BCUT2D eigenvalue weighted by atomic mass is 79.9. The van der Waals surface area contributed by atoms with Crippen molar-refractivity contribution >= 4 is 33.3 Å². The highest BCUT2D eigenvalue weighted by Gasteiger charge is 2.29. The van der Waals surface area contributed by atoms with Crippen molar-refractivity contribution in [3.05, 3.63) is 51.0 Å². The molecule has 1 aliphatic rings. The van der Waals surface area contributed by atoms with Gasteiger partial charge in [0.15, 0.2) is 5.82 Å². The number of hydrogen-bond donors (Lipinski definition) is 2. The predicted molar refractivity (Wildman–Crippen MR) is 99.9 cm³/mol. The molecule has 2 heterocycles. The average molecular weight is 406 g/mol. The first kappa shape index (κ1) is 17.6. The molecule has 1 fully saturated rings. The number of hydrogen-bond acceptors (Lipinski definition) is 5. The lowest BCUT2D eigenvalue weighted by Gasteiger charge is -2.34. The number of aromatic nitrogens is 2. The average Bonchev–Trinajstić information content (AvgIpc) is 2.60. The van der Waals surface area contributed by atoms with Crippen LogP contribution in [-0.4, -0.2) is 40.0 Å². The van der Waals surface area contributed by atoms with Crippen molar-refractivity contribution in [1.82, 2.24) is 19.8 Å². The predicted octanol–water partition coefficient (Wildman–Crippen LogP) is 1.78. The van der Waals surface area contributed by atoms with Crippen molar-refractivity contribution < 1.29 is 4.79 Å². The van der Waals surface area contributed by atoms with E-state index in [-0.39, 0.29) is 23.3 Å². The number of carbonyl (C=O) groups is 1. The second-order valence-electron chi connectivity index (χ2n) is 5.90. The number of likely N-dealkylation sites (N-methyl/N-ethyl adjacent to an activating group) is 1. The standard InChI is InChI=1S/C17H20BrN5O2/c1-3-23-9-8-19-16(24)14(23)11-4-6-12(7-5-11)20-15-17(25)22(2)10-13(18)21-15/h4-7,10,14H,3,8-9H2,1-2H3,(H,19,24)(H,20,21)/t14-/m0/s1. The molecule has 0 bridgehead atoms. The molecule has 1 aliphatic heterocycles. The van der Waals surface area contributed by atoms with E-state index in [2.05, 4.69) is 43.4 Å². The molecule has 3 rings (SSSR count). The minimum atomic E-state index is -0.273. The van der Waals surface area contributed by atoms with Crippen molar-refractivity contribution in [2.24, 2.45) is 7.05 Å². The van der Waals surface area contributed by atoms with Gasteiger partial charge in [-0.3, -0.25) is 14.5 Å². The van der Waals surface area contributed by atoms with Crippen LogP contribution in [-0.2, 0) is 11.8 Å². The molecule has 1 aromatic carbocycles. The van der Waals surface area contributed by atoms with Crippen LogP contribution in [0.5, 0.6) is 0 Å². The van der Waals surface area contributed by atoms with Crippen LogP contribution < -0.4 is 16.2 Å². The van der Waals surface area contributed by atoms with Crippen LogP contribution in [0, 0.1) is 0 Å². The summed E-state index contributed by atoms with van der Waals surface area (Å²) >= 11 is 3.28. The SMILES string of the molecule is CCN1CCNC(=O)[C@@H]1c1ccc(Nc2nc(Br)cn(C)c2=O)cc1. The Morgan fingerprint density at radius 1 is 1.32 bits per heavy atom. The fourth-order valence-corrected chi connectivity index (χ4v) is 3.44. The Labute approximate surface area is 154 Å². The summed E-state index contributed by atoms with van der Waals surface area (Å²) in [6.45, 7) is 4.39. The zero-order valence-electron chi connectivity index (χ0n) is 14.1. The molecule has 2 N–H and O–H groups in total. The van der Waals surface area contributed by atoms with Gasteiger partial charge in [0.05, 0.1) is 0 Å². The van der Waals surface area contributed by atoms with Crippen LogP contribution in [0.15, 0.2) is 39.9 Å². The molecular weight excluding hydrogens is 386 g/mol. The summed E-state index contributed by atoms with van der Waals surface area (Å²) in [5.41, 5.74) is 1.46. The van der Waals surface area contributed by atoms with Crippen LogP contribution >= 0.6 is 15.9 Å². The van der Waals surface area contributed by atoms with Gasteiger partial charge in [-0.05, 0) is 40.2 Å². The number of carbonyl (C=O) groups excluding carboxylic acids is 1. The highest BCUT2D eigenvalue weighted by molar-refractivity contribution is 9.10. The van der Waals surface area contributed by atoms with E-state index in [4.69, 9.17) is 0 Å². The van der Waals surface area contributed by atoms with E-state index in [0.29, 0.717) is 11.1 Å². The van der Waals surface area contributed by atoms with Gasteiger partial charge in [0.25, 0.3) is 5.56 Å². The molecule has 1 amide bonds. The molecule has 0 aliphatic carbocycles. The highest BCUT2D eigenvalue weighted by Crippen LogP contribution is 2.25. The largest absolute Gasteiger partial charge is 0.353 e. The van der Waals surface area contributed by atoms with Crippen LogP contribution in [0.1, 0.15) is 18.5 Å². The van der Waals surface area contributed by atoms with E-state index in [9.17, 15) is 9.59 Å². The lowest BCUT2D eigenvalue weighted by Crippen LogP contribution is -2.49. The number of amides is 1. The van der Waals surface area contributed by atoms with Gasteiger partial charge >= 0.3 is 0 Å². The monoisotopic (exact) mass is 405 g/mol. The van der Waals surface area contributed by atoms with Crippen molar-refractivity contribution in [1.29, 1.82) is 0 Å². The van der Waals surface area contributed by atoms with Gasteiger partial charge in [-0.1, -0.05) is 19.1 Å². The zero-order valence-corrected chi connectivity index (χ0v) is 15.7. The maximum atomic E-state index is 12.2. The molecule has 7 nitrogen and oxygen atoms in total. The summed E-state index contributed by atoms with van der Waals surface area (Å²) < 4.78 is 2.03. The first-order valence-corrected chi connectivity index (χ1v) is 8.91. The molecule has 2 aromatic rings. The number of nitrogens with zero attached hydrogens (tertiary/aromatic N) is 3. The number of nitrogens with one attached hydrogen (secondary N) is 2. The summed E-state index contributed by atoms with van der Waals surface area (Å²) in [6.07, 6.45) is 1.61. The molecule has 0 radical (unpaired) electrons. The van der Waals surface area contributed by atoms with E-state index in [0.717, 1.165) is 24.3 Å². The third-order valence-electron chi connectivity index (χ3n) is 4.25. The van der Waals surface area contributed by atoms with Gasteiger partial charge in [-0.2, -0.15) is 0 Å². The minimum absolute atomic E-state index is 0.0244. The van der Waals surface area contributed by atoms with Gasteiger partial charge in [0.1, 0.15) is 10.6 Å². The second kappa shape index (κ2) is 7.37. The Hall–Kier alpha value is -2.19. The van der Waals surface area contributed by atoms with Gasteiger partial charge in [0.2, 0.25) is 5.91 Å². The Kier molecular flexibility index (Phi) is 5.19. The molecule has 0 saturated carbocycles. The zero-order chi connectivity index (χ0) is 18.0. The van der Waals surface area contributed by atoms with Crippen molar-refractivity contribution in [2.45, 2.75) is 13.0 Å². The summed E-state index contributed by atoms with van der Waals surface area (Å²) in [5, 5.41) is 5.95. The molecule has 1 saturated heterocycles. The fourth-order valence-electron chi connectivity index (χ4n) is 2.95. The normalized spacial score (nSPS) is 18.0. The van der Waals surface area contributed by atoms with Crippen LogP contribution in [0.4, 0.5) is 11.5 Å². The lowest BCUT2D eigenvalue weighted by molar-refractivity contribution is -0.129. The molecule has 8 heteroatoms. The van der Waals surface area contributed by atoms with Gasteiger partial charge < -0.3 is 15.2 Å². The van der Waals surface area contributed by atoms with Crippen molar-refractivity contribution in [3.63, 3.8) is 0 Å². The fraction of sp³-hybridized carbons (Fsp3) is 0.353. The van der Waals surface area contributed by atoms with Gasteiger partial charge in [0, 0.05) is 32.0 Å². The lowest BCUT2D eigenvalue weighted by atomic mass is 10.0. The number of benzene rings is 1. The quantitative estimate of drug-likeness (QED) is 0.810. The van der Waals surface area contributed by atoms with Gasteiger partial charge in [-0.25, -0.2) is 4.98 Å². The first-order valence-electron chi connectivity index (χ1n) is 8.11. The number of rotatable bonds is 4. The number of piperazine rings is 1. The van der Waals surface area contributed by atoms with Crippen molar-refractivity contribution in [3.8, 4) is 0 Å². The van der Waals surface area contributed by atoms with E-state index in [1.165, 1.54) is 4.57 Å². The molecule has 25 heavy (non-hydrogen) atoms. The first-order chi connectivity index (χ1) is 12.0. The van der Waals surface area contributed by atoms with Crippen LogP contribution in [0.3, 0.4) is 0 Å². The molecule has 132 valence electrons. The Balaban J connectivity index is 1.83. The Morgan fingerprint density at radius 3 is 2.72 bits per heavy atom. The number of anilines is 2. The van der Waals surface area contributed by atoms with Crippen LogP contribution in [0.25, 0.3) is 0 Å². The second-order valence-corrected chi connectivity index (χ2v) is 6.71. The summed E-state index contributed by atoms with van der Waals surface area (Å²) in [7, 11) is 1.67. The van der Waals surface area contributed by atoms with Gasteiger partial charge in [-0.15, -0.1) is 0 Å². The van der Waals surface area contributed by atoms with Crippen molar-refractivity contribution in [2.75, 3.05) is 25.0 Å². The number of halogens is 1. The maximum absolute atomic E-state index is 12.2. The van der Waals surface area contributed by atoms with E-state index >= 15 is 0 Å². The van der Waals surface area contributed by atoms with Crippen LogP contribution in [0.2, 0.25) is 0 Å². The minimum Gasteiger partial charge on any atom is -0.353 e. The molecule has 1 atom stereocenters. The third kappa shape index (κ3) is 3.74. The van der Waals surface area contributed by atoms with E-state index in [1.807, 2.05) is 24.3 Å². The third-order valence-corrected chi connectivity index (χ3v) is 4.63. The Bertz CT molecular complexity index is 834. The maximum Gasteiger partial charge on any atom is 0.293 e. The summed E-state index contributed by atoms with van der Waals surface area (Å²) in [6, 6.07) is 7.25. The summed E-state index contributed by atoms with van der Waals surface area (Å²) in [4.78, 5) is 30.7.